The van der Waals surface area contributed by atoms with Gasteiger partial charge in [-0.2, -0.15) is 0 Å². The van der Waals surface area contributed by atoms with Gasteiger partial charge in [-0.25, -0.2) is 0 Å². The van der Waals surface area contributed by atoms with Crippen LogP contribution in [0.1, 0.15) is 52.5 Å². The Hall–Kier alpha value is -3.99. The first-order chi connectivity index (χ1) is 18.4. The minimum atomic E-state index is -0.231. The van der Waals surface area contributed by atoms with Crippen molar-refractivity contribution in [3.63, 3.8) is 0 Å². The summed E-state index contributed by atoms with van der Waals surface area (Å²) < 4.78 is 2.21. The van der Waals surface area contributed by atoms with E-state index in [0.717, 1.165) is 53.1 Å². The number of nitrogens with zero attached hydrogens (tertiary/aromatic N) is 1. The van der Waals surface area contributed by atoms with Crippen LogP contribution in [-0.4, -0.2) is 28.6 Å². The number of aryl methyl sites for hydroxylation is 2. The van der Waals surface area contributed by atoms with Crippen molar-refractivity contribution >= 4 is 51.3 Å². The zero-order chi connectivity index (χ0) is 26.8. The first-order valence-electron chi connectivity index (χ1n) is 13.5. The lowest BCUT2D eigenvalue weighted by Gasteiger charge is -2.10. The van der Waals surface area contributed by atoms with Crippen LogP contribution in [0.5, 0.6) is 0 Å². The summed E-state index contributed by atoms with van der Waals surface area (Å²) in [6, 6.07) is 20.0. The van der Waals surface area contributed by atoms with E-state index in [-0.39, 0.29) is 24.0 Å². The fraction of sp³-hybridized carbons (Fsp3) is 0.242. The number of fused-ring (bicyclic) bond motifs is 3. The number of carbonyl (C=O) groups excluding carboxylic acids is 2. The zero-order valence-corrected chi connectivity index (χ0v) is 22.4. The van der Waals surface area contributed by atoms with Crippen molar-refractivity contribution in [3.05, 3.63) is 101 Å². The molecule has 0 unspecified atom stereocenters. The van der Waals surface area contributed by atoms with Gasteiger partial charge in [-0.15, -0.1) is 0 Å². The third-order valence-electron chi connectivity index (χ3n) is 7.71. The molecule has 0 saturated heterocycles. The summed E-state index contributed by atoms with van der Waals surface area (Å²) in [6.07, 6.45) is 9.00. The van der Waals surface area contributed by atoms with E-state index in [1.54, 1.807) is 0 Å². The Bertz CT molecular complexity index is 1620. The molecule has 0 amide bonds. The van der Waals surface area contributed by atoms with Gasteiger partial charge in [0.05, 0.1) is 5.71 Å². The van der Waals surface area contributed by atoms with E-state index in [9.17, 15) is 9.59 Å². The number of ketones is 2. The first kappa shape index (κ1) is 25.7. The molecule has 0 spiro atoms. The molecule has 0 atom stereocenters. The van der Waals surface area contributed by atoms with Crippen LogP contribution < -0.4 is 5.46 Å². The van der Waals surface area contributed by atoms with Gasteiger partial charge >= 0.3 is 0 Å². The number of carbonyl (C=O) groups is 2. The predicted molar refractivity (Wildman–Crippen MR) is 160 cm³/mol. The number of hydrogen-bond donors (Lipinski definition) is 1. The molecule has 1 heterocycles. The Morgan fingerprint density at radius 2 is 1.58 bits per heavy atom. The van der Waals surface area contributed by atoms with Gasteiger partial charge in [-0.1, -0.05) is 66.7 Å². The van der Waals surface area contributed by atoms with Gasteiger partial charge in [0.2, 0.25) is 5.78 Å². The highest BCUT2D eigenvalue weighted by Crippen LogP contribution is 2.32. The average Bonchev–Trinajstić information content (AvgIpc) is 3.27. The molecule has 1 aliphatic carbocycles. The van der Waals surface area contributed by atoms with Crippen molar-refractivity contribution in [3.8, 4) is 0 Å². The molecular formula is C33H33BN2O2. The van der Waals surface area contributed by atoms with Gasteiger partial charge in [0.15, 0.2) is 12.5 Å². The predicted octanol–water partition coefficient (Wildman–Crippen LogP) is 7.21. The number of rotatable bonds is 9. The molecule has 0 radical (unpaired) electrons. The van der Waals surface area contributed by atoms with E-state index in [1.165, 1.54) is 11.0 Å². The Balaban J connectivity index is 1.42. The van der Waals surface area contributed by atoms with Crippen molar-refractivity contribution < 1.29 is 9.59 Å². The van der Waals surface area contributed by atoms with Crippen LogP contribution in [0.3, 0.4) is 0 Å². The third-order valence-corrected chi connectivity index (χ3v) is 7.71. The maximum atomic E-state index is 13.3. The number of benzene rings is 3. The topological polar surface area (TPSA) is 62.9 Å². The molecule has 0 saturated carbocycles. The van der Waals surface area contributed by atoms with Gasteiger partial charge in [0.1, 0.15) is 0 Å². The lowest BCUT2D eigenvalue weighted by Crippen LogP contribution is -2.27. The van der Waals surface area contributed by atoms with Crippen LogP contribution in [0, 0.1) is 12.3 Å². The van der Waals surface area contributed by atoms with E-state index < -0.39 is 0 Å². The van der Waals surface area contributed by atoms with Crippen molar-refractivity contribution in [2.24, 2.45) is 0 Å². The summed E-state index contributed by atoms with van der Waals surface area (Å²) >= 11 is 0. The highest BCUT2D eigenvalue weighted by molar-refractivity contribution is 6.72. The summed E-state index contributed by atoms with van der Waals surface area (Å²) in [4.78, 5) is 26.4. The highest BCUT2D eigenvalue weighted by atomic mass is 16.1. The molecule has 0 bridgehead atoms. The summed E-state index contributed by atoms with van der Waals surface area (Å²) in [7, 11) is 0. The number of Topliss-reactive ketones (excluding diaryl/α,β-unsaturated/α-hetero) is 2. The van der Waals surface area contributed by atoms with Crippen LogP contribution in [-0.2, 0) is 6.54 Å². The third kappa shape index (κ3) is 4.93. The quantitative estimate of drug-likeness (QED) is 0.150. The molecule has 0 fully saturated rings. The Morgan fingerprint density at radius 3 is 2.21 bits per heavy atom. The van der Waals surface area contributed by atoms with Crippen LogP contribution in [0.4, 0.5) is 0 Å². The Morgan fingerprint density at radius 1 is 0.921 bits per heavy atom. The van der Waals surface area contributed by atoms with E-state index in [0.29, 0.717) is 17.5 Å². The molecule has 38 heavy (non-hydrogen) atoms. The fourth-order valence-corrected chi connectivity index (χ4v) is 5.39. The zero-order valence-electron chi connectivity index (χ0n) is 22.4. The standard InChI is InChI=1S/C33H33BN2O2/c1-4-36-30-16-12-24(32(37)23-8-6-5-7-9-23)20-27(30)28-21-25(13-17-31(28)36)33(38)29(35)18-19-34(3)26-14-10-22(2)11-15-26/h6,8-17,20-21,35H,4-5,7,18-19H2,1-3H3. The second-order valence-electron chi connectivity index (χ2n) is 10.3. The van der Waals surface area contributed by atoms with Gasteiger partial charge in [0, 0.05) is 45.1 Å². The molecule has 190 valence electrons. The van der Waals surface area contributed by atoms with Crippen LogP contribution >= 0.6 is 0 Å². The summed E-state index contributed by atoms with van der Waals surface area (Å²) in [5.41, 5.74) is 6.57. The molecule has 4 aromatic rings. The van der Waals surface area contributed by atoms with Gasteiger partial charge in [-0.05, 0) is 69.5 Å². The second-order valence-corrected chi connectivity index (χ2v) is 10.3. The normalized spacial score (nSPS) is 13.1. The maximum Gasteiger partial charge on any atom is 0.206 e. The SMILES string of the molecule is CCn1c2ccc(C(=O)C(=N)CCB(C)c3ccc(C)cc3)cc2c2cc(C(=O)C3=CCCC=C3)ccc21. The Labute approximate surface area is 224 Å². The minimum absolute atomic E-state index is 0.0250. The van der Waals surface area contributed by atoms with E-state index in [4.69, 9.17) is 5.41 Å². The molecule has 3 aromatic carbocycles. The lowest BCUT2D eigenvalue weighted by molar-refractivity contribution is 0.103. The molecule has 0 aliphatic heterocycles. The van der Waals surface area contributed by atoms with Crippen LogP contribution in [0.15, 0.2) is 84.5 Å². The van der Waals surface area contributed by atoms with Crippen molar-refractivity contribution in [2.75, 3.05) is 0 Å². The number of aromatic nitrogens is 1. The van der Waals surface area contributed by atoms with Crippen LogP contribution in [0.25, 0.3) is 21.8 Å². The smallest absolute Gasteiger partial charge is 0.206 e. The van der Waals surface area contributed by atoms with Crippen molar-refractivity contribution in [2.45, 2.75) is 52.8 Å². The fourth-order valence-electron chi connectivity index (χ4n) is 5.39. The van der Waals surface area contributed by atoms with Gasteiger partial charge in [-0.3, -0.25) is 9.59 Å². The second kappa shape index (κ2) is 10.8. The molecule has 1 aromatic heterocycles. The summed E-state index contributed by atoms with van der Waals surface area (Å²) in [5.74, 6) is -0.206. The molecule has 4 nitrogen and oxygen atoms in total. The van der Waals surface area contributed by atoms with E-state index in [2.05, 4.69) is 49.5 Å². The minimum Gasteiger partial charge on any atom is -0.341 e. The summed E-state index contributed by atoms with van der Waals surface area (Å²) in [5, 5.41) is 10.4. The average molecular weight is 500 g/mol. The Kier molecular flexibility index (Phi) is 7.28. The van der Waals surface area contributed by atoms with E-state index in [1.807, 2.05) is 54.6 Å². The van der Waals surface area contributed by atoms with E-state index >= 15 is 0 Å². The van der Waals surface area contributed by atoms with Gasteiger partial charge < -0.3 is 9.98 Å². The molecule has 1 N–H and O–H groups in total. The molecule has 5 heteroatoms. The molecular weight excluding hydrogens is 467 g/mol. The highest BCUT2D eigenvalue weighted by Gasteiger charge is 2.20. The van der Waals surface area contributed by atoms with Crippen molar-refractivity contribution in [1.82, 2.24) is 4.57 Å². The number of nitrogens with one attached hydrogen (secondary N) is 1. The largest absolute Gasteiger partial charge is 0.341 e. The number of hydrogen-bond acceptors (Lipinski definition) is 3. The molecule has 1 aliphatic rings. The monoisotopic (exact) mass is 500 g/mol. The van der Waals surface area contributed by atoms with Crippen molar-refractivity contribution in [1.29, 1.82) is 5.41 Å². The lowest BCUT2D eigenvalue weighted by atomic mass is 9.44. The van der Waals surface area contributed by atoms with Gasteiger partial charge in [0.25, 0.3) is 0 Å². The molecule has 5 rings (SSSR count). The van der Waals surface area contributed by atoms with Crippen LogP contribution in [0.2, 0.25) is 13.1 Å². The summed E-state index contributed by atoms with van der Waals surface area (Å²) in [6.45, 7) is 7.37. The maximum absolute atomic E-state index is 13.3. The number of allylic oxidation sites excluding steroid dienone is 4. The first-order valence-corrected chi connectivity index (χ1v) is 13.5.